The van der Waals surface area contributed by atoms with Gasteiger partial charge in [0.1, 0.15) is 11.8 Å². The van der Waals surface area contributed by atoms with Gasteiger partial charge in [0.2, 0.25) is 5.91 Å². The highest BCUT2D eigenvalue weighted by Crippen LogP contribution is 2.28. The zero-order valence-corrected chi connectivity index (χ0v) is 17.1. The molecule has 1 amide bonds. The van der Waals surface area contributed by atoms with Crippen LogP contribution in [0, 0.1) is 5.92 Å². The van der Waals surface area contributed by atoms with Gasteiger partial charge < -0.3 is 15.2 Å². The summed E-state index contributed by atoms with van der Waals surface area (Å²) in [6.45, 7) is 1.49. The zero-order valence-electron chi connectivity index (χ0n) is 16.3. The van der Waals surface area contributed by atoms with Gasteiger partial charge in [-0.25, -0.2) is 0 Å². The number of hydrogen-bond acceptors (Lipinski definition) is 4. The summed E-state index contributed by atoms with van der Waals surface area (Å²) < 4.78 is 5.14. The standard InChI is InChI=1S/C22H25ClN2O4/c1-29-18-8-6-15(7-9-18)20(22(27)28)25-12-10-16(11-13-25)21(26)24-14-17-4-2-3-5-19(17)23/h2-9,16,20H,10-14H2,1H3,(H,24,26)(H,27,28). The molecule has 1 fully saturated rings. The minimum Gasteiger partial charge on any atom is -0.497 e. The van der Waals surface area contributed by atoms with Gasteiger partial charge in [0.15, 0.2) is 0 Å². The van der Waals surface area contributed by atoms with Gasteiger partial charge in [-0.2, -0.15) is 0 Å². The second kappa shape index (κ2) is 9.76. The maximum absolute atomic E-state index is 12.5. The number of carbonyl (C=O) groups is 2. The van der Waals surface area contributed by atoms with Crippen LogP contribution in [0.25, 0.3) is 0 Å². The van der Waals surface area contributed by atoms with Gasteiger partial charge in [0, 0.05) is 30.6 Å². The molecule has 1 saturated heterocycles. The summed E-state index contributed by atoms with van der Waals surface area (Å²) in [7, 11) is 1.57. The van der Waals surface area contributed by atoms with Crippen LogP contribution < -0.4 is 10.1 Å². The Bertz CT molecular complexity index is 848. The number of halogens is 1. The molecule has 1 heterocycles. The van der Waals surface area contributed by atoms with E-state index in [2.05, 4.69) is 5.32 Å². The second-order valence-corrected chi connectivity index (χ2v) is 7.54. The van der Waals surface area contributed by atoms with Crippen LogP contribution in [0.1, 0.15) is 30.0 Å². The van der Waals surface area contributed by atoms with Crippen LogP contribution >= 0.6 is 11.6 Å². The Morgan fingerprint density at radius 1 is 1.17 bits per heavy atom. The van der Waals surface area contributed by atoms with E-state index in [1.54, 1.807) is 37.4 Å². The van der Waals surface area contributed by atoms with E-state index in [0.29, 0.717) is 48.8 Å². The lowest BCUT2D eigenvalue weighted by atomic mass is 9.93. The maximum Gasteiger partial charge on any atom is 0.325 e. The molecule has 7 heteroatoms. The van der Waals surface area contributed by atoms with E-state index in [4.69, 9.17) is 16.3 Å². The van der Waals surface area contributed by atoms with Crippen molar-refractivity contribution in [3.05, 3.63) is 64.7 Å². The molecule has 6 nitrogen and oxygen atoms in total. The third-order valence-corrected chi connectivity index (χ3v) is 5.71. The number of carboxylic acids is 1. The van der Waals surface area contributed by atoms with Crippen molar-refractivity contribution < 1.29 is 19.4 Å². The number of methoxy groups -OCH3 is 1. The molecular weight excluding hydrogens is 392 g/mol. The van der Waals surface area contributed by atoms with E-state index in [1.807, 2.05) is 23.1 Å². The highest BCUT2D eigenvalue weighted by Gasteiger charge is 2.33. The molecule has 2 aromatic rings. The van der Waals surface area contributed by atoms with Crippen molar-refractivity contribution in [2.45, 2.75) is 25.4 Å². The number of nitrogens with zero attached hydrogens (tertiary/aromatic N) is 1. The van der Waals surface area contributed by atoms with Gasteiger partial charge >= 0.3 is 5.97 Å². The number of carbonyl (C=O) groups excluding carboxylic acids is 1. The largest absolute Gasteiger partial charge is 0.497 e. The number of ether oxygens (including phenoxy) is 1. The lowest BCUT2D eigenvalue weighted by Crippen LogP contribution is -2.43. The second-order valence-electron chi connectivity index (χ2n) is 7.13. The van der Waals surface area contributed by atoms with Crippen molar-refractivity contribution in [1.82, 2.24) is 10.2 Å². The first-order valence-corrected chi connectivity index (χ1v) is 9.99. The van der Waals surface area contributed by atoms with Crippen LogP contribution in [0.5, 0.6) is 5.75 Å². The third kappa shape index (κ3) is 5.28. The summed E-state index contributed by atoms with van der Waals surface area (Å²) in [4.78, 5) is 26.3. The van der Waals surface area contributed by atoms with Crippen LogP contribution in [0.2, 0.25) is 5.02 Å². The molecule has 0 saturated carbocycles. The summed E-state index contributed by atoms with van der Waals surface area (Å²) >= 11 is 6.13. The first-order valence-electron chi connectivity index (χ1n) is 9.61. The lowest BCUT2D eigenvalue weighted by molar-refractivity contribution is -0.144. The molecule has 29 heavy (non-hydrogen) atoms. The van der Waals surface area contributed by atoms with E-state index in [0.717, 1.165) is 5.56 Å². The monoisotopic (exact) mass is 416 g/mol. The van der Waals surface area contributed by atoms with E-state index < -0.39 is 12.0 Å². The number of rotatable bonds is 7. The van der Waals surface area contributed by atoms with E-state index in [-0.39, 0.29) is 11.8 Å². The number of piperidine rings is 1. The van der Waals surface area contributed by atoms with E-state index in [9.17, 15) is 14.7 Å². The summed E-state index contributed by atoms with van der Waals surface area (Å²) in [5.74, 6) is -0.344. The molecule has 1 atom stereocenters. The summed E-state index contributed by atoms with van der Waals surface area (Å²) in [6, 6.07) is 13.8. The van der Waals surface area contributed by atoms with Gasteiger partial charge in [0.05, 0.1) is 7.11 Å². The lowest BCUT2D eigenvalue weighted by Gasteiger charge is -2.35. The molecular formula is C22H25ClN2O4. The Morgan fingerprint density at radius 3 is 2.41 bits per heavy atom. The smallest absolute Gasteiger partial charge is 0.325 e. The van der Waals surface area contributed by atoms with Gasteiger partial charge in [-0.3, -0.25) is 14.5 Å². The van der Waals surface area contributed by atoms with Gasteiger partial charge in [-0.05, 0) is 42.2 Å². The van der Waals surface area contributed by atoms with Crippen LogP contribution in [0.15, 0.2) is 48.5 Å². The molecule has 0 radical (unpaired) electrons. The number of benzene rings is 2. The molecule has 0 aliphatic carbocycles. The summed E-state index contributed by atoms with van der Waals surface area (Å²) in [5, 5.41) is 13.3. The quantitative estimate of drug-likeness (QED) is 0.722. The Morgan fingerprint density at radius 2 is 1.83 bits per heavy atom. The van der Waals surface area contributed by atoms with Crippen LogP contribution in [0.3, 0.4) is 0 Å². The summed E-state index contributed by atoms with van der Waals surface area (Å²) in [6.07, 6.45) is 1.24. The molecule has 1 aliphatic rings. The Kier molecular flexibility index (Phi) is 7.12. The summed E-state index contributed by atoms with van der Waals surface area (Å²) in [5.41, 5.74) is 1.59. The van der Waals surface area contributed by atoms with Gasteiger partial charge in [-0.1, -0.05) is 41.9 Å². The minimum atomic E-state index is -0.892. The van der Waals surface area contributed by atoms with E-state index in [1.165, 1.54) is 0 Å². The van der Waals surface area contributed by atoms with Crippen molar-refractivity contribution in [3.8, 4) is 5.75 Å². The molecule has 1 aliphatic heterocycles. The molecule has 154 valence electrons. The topological polar surface area (TPSA) is 78.9 Å². The fourth-order valence-electron chi connectivity index (χ4n) is 3.68. The van der Waals surface area contributed by atoms with Crippen molar-refractivity contribution in [2.24, 2.45) is 5.92 Å². The normalized spacial score (nSPS) is 16.2. The first kappa shape index (κ1) is 21.1. The third-order valence-electron chi connectivity index (χ3n) is 5.34. The molecule has 3 rings (SSSR count). The fourth-order valence-corrected chi connectivity index (χ4v) is 3.89. The Labute approximate surface area is 175 Å². The van der Waals surface area contributed by atoms with Gasteiger partial charge in [0.25, 0.3) is 0 Å². The van der Waals surface area contributed by atoms with Crippen LogP contribution in [0.4, 0.5) is 0 Å². The Balaban J connectivity index is 1.57. The maximum atomic E-state index is 12.5. The van der Waals surface area contributed by atoms with Crippen LogP contribution in [-0.2, 0) is 16.1 Å². The average Bonchev–Trinajstić information content (AvgIpc) is 2.74. The Hall–Kier alpha value is -2.57. The number of aliphatic carboxylic acids is 1. The number of amides is 1. The SMILES string of the molecule is COc1ccc(C(C(=O)O)N2CCC(C(=O)NCc3ccccc3Cl)CC2)cc1. The predicted octanol–water partition coefficient (Wildman–Crippen LogP) is 3.50. The predicted molar refractivity (Wildman–Crippen MR) is 111 cm³/mol. The highest BCUT2D eigenvalue weighted by atomic mass is 35.5. The molecule has 0 bridgehead atoms. The number of nitrogens with one attached hydrogen (secondary N) is 1. The van der Waals surface area contributed by atoms with Crippen molar-refractivity contribution in [2.75, 3.05) is 20.2 Å². The minimum absolute atomic E-state index is 0.0131. The first-order chi connectivity index (χ1) is 14.0. The van der Waals surface area contributed by atoms with Gasteiger partial charge in [-0.15, -0.1) is 0 Å². The zero-order chi connectivity index (χ0) is 20.8. The number of carboxylic acid groups (broad SMARTS) is 1. The van der Waals surface area contributed by atoms with Crippen molar-refractivity contribution >= 4 is 23.5 Å². The average molecular weight is 417 g/mol. The molecule has 0 spiro atoms. The molecule has 1 unspecified atom stereocenters. The van der Waals surface area contributed by atoms with Crippen LogP contribution in [-0.4, -0.2) is 42.1 Å². The molecule has 2 N–H and O–H groups in total. The fraction of sp³-hybridized carbons (Fsp3) is 0.364. The number of hydrogen-bond donors (Lipinski definition) is 2. The van der Waals surface area contributed by atoms with Crippen molar-refractivity contribution in [1.29, 1.82) is 0 Å². The highest BCUT2D eigenvalue weighted by molar-refractivity contribution is 6.31. The van der Waals surface area contributed by atoms with E-state index >= 15 is 0 Å². The molecule has 0 aromatic heterocycles. The molecule has 2 aromatic carbocycles. The number of likely N-dealkylation sites (tertiary alicyclic amines) is 1. The van der Waals surface area contributed by atoms with Crippen molar-refractivity contribution in [3.63, 3.8) is 0 Å².